The highest BCUT2D eigenvalue weighted by Gasteiger charge is 2.25. The quantitative estimate of drug-likeness (QED) is 0.858. The summed E-state index contributed by atoms with van der Waals surface area (Å²) in [5.41, 5.74) is 0. The zero-order valence-electron chi connectivity index (χ0n) is 11.7. The van der Waals surface area contributed by atoms with E-state index in [4.69, 9.17) is 16.4 Å². The molecule has 0 aromatic carbocycles. The van der Waals surface area contributed by atoms with Crippen molar-refractivity contribution in [2.24, 2.45) is 0 Å². The van der Waals surface area contributed by atoms with E-state index in [2.05, 4.69) is 20.0 Å². The van der Waals surface area contributed by atoms with Gasteiger partial charge in [-0.2, -0.15) is 5.06 Å². The average Bonchev–Trinajstić information content (AvgIpc) is 2.49. The van der Waals surface area contributed by atoms with Crippen LogP contribution >= 0.6 is 11.6 Å². The maximum atomic E-state index is 6.09. The van der Waals surface area contributed by atoms with Gasteiger partial charge in [0.15, 0.2) is 0 Å². The Morgan fingerprint density at radius 2 is 1.80 bits per heavy atom. The molecular formula is C14H21ClN4O. The summed E-state index contributed by atoms with van der Waals surface area (Å²) < 4.78 is 0. The molecule has 110 valence electrons. The second-order valence-corrected chi connectivity index (χ2v) is 6.02. The number of halogens is 1. The lowest BCUT2D eigenvalue weighted by atomic mass is 9.96. The number of nitrogens with zero attached hydrogens (tertiary/aromatic N) is 4. The summed E-state index contributed by atoms with van der Waals surface area (Å²) in [5, 5.41) is 2.42. The molecule has 0 N–H and O–H groups in total. The van der Waals surface area contributed by atoms with Gasteiger partial charge < -0.3 is 0 Å². The number of hydrogen-bond acceptors (Lipinski definition) is 5. The van der Waals surface area contributed by atoms with Crippen molar-refractivity contribution in [1.82, 2.24) is 20.0 Å². The lowest BCUT2D eigenvalue weighted by Gasteiger charge is -2.34. The van der Waals surface area contributed by atoms with Gasteiger partial charge in [0.25, 0.3) is 0 Å². The first-order valence-electron chi connectivity index (χ1n) is 7.57. The van der Waals surface area contributed by atoms with Crippen LogP contribution in [0.2, 0.25) is 5.28 Å². The molecule has 0 spiro atoms. The van der Waals surface area contributed by atoms with Gasteiger partial charge in [0.1, 0.15) is 12.2 Å². The minimum atomic E-state index is 0.288. The Labute approximate surface area is 124 Å². The van der Waals surface area contributed by atoms with E-state index in [0.29, 0.717) is 12.0 Å². The Morgan fingerprint density at radius 1 is 1.05 bits per heavy atom. The Kier molecular flexibility index (Phi) is 4.81. The minimum absolute atomic E-state index is 0.288. The Morgan fingerprint density at radius 3 is 2.50 bits per heavy atom. The monoisotopic (exact) mass is 296 g/mol. The molecule has 2 aliphatic rings. The molecule has 0 amide bonds. The van der Waals surface area contributed by atoms with E-state index in [1.165, 1.54) is 38.4 Å². The predicted octanol–water partition coefficient (Wildman–Crippen LogP) is 2.97. The number of hydrogen-bond donors (Lipinski definition) is 0. The van der Waals surface area contributed by atoms with Gasteiger partial charge >= 0.3 is 0 Å². The van der Waals surface area contributed by atoms with Crippen molar-refractivity contribution in [1.29, 1.82) is 0 Å². The SMILES string of the molecule is Clc1ncnc(C2CCN(OC3CCCCC3)CC2)n1. The molecule has 0 radical (unpaired) electrons. The maximum Gasteiger partial charge on any atom is 0.225 e. The number of piperidine rings is 1. The third-order valence-corrected chi connectivity index (χ3v) is 4.41. The molecule has 1 saturated carbocycles. The van der Waals surface area contributed by atoms with Gasteiger partial charge in [-0.15, -0.1) is 0 Å². The fourth-order valence-corrected chi connectivity index (χ4v) is 3.22. The molecule has 1 saturated heterocycles. The van der Waals surface area contributed by atoms with Crippen molar-refractivity contribution in [2.75, 3.05) is 13.1 Å². The van der Waals surface area contributed by atoms with Crippen LogP contribution in [0.25, 0.3) is 0 Å². The zero-order valence-corrected chi connectivity index (χ0v) is 12.4. The van der Waals surface area contributed by atoms with Crippen LogP contribution in [0.4, 0.5) is 0 Å². The van der Waals surface area contributed by atoms with Crippen molar-refractivity contribution < 1.29 is 4.84 Å². The van der Waals surface area contributed by atoms with Crippen LogP contribution in [-0.4, -0.2) is 39.2 Å². The van der Waals surface area contributed by atoms with Crippen molar-refractivity contribution in [3.63, 3.8) is 0 Å². The highest BCUT2D eigenvalue weighted by molar-refractivity contribution is 6.28. The standard InChI is InChI=1S/C14H21ClN4O/c15-14-17-10-16-13(18-14)11-6-8-19(9-7-11)20-12-4-2-1-3-5-12/h10-12H,1-9H2. The largest absolute Gasteiger partial charge is 0.296 e. The summed E-state index contributed by atoms with van der Waals surface area (Å²) in [6, 6.07) is 0. The van der Waals surface area contributed by atoms with Crippen molar-refractivity contribution in [3.8, 4) is 0 Å². The number of rotatable bonds is 3. The Hall–Kier alpha value is -0.780. The van der Waals surface area contributed by atoms with Gasteiger partial charge in [-0.25, -0.2) is 15.0 Å². The van der Waals surface area contributed by atoms with Gasteiger partial charge in [-0.05, 0) is 37.3 Å². The lowest BCUT2D eigenvalue weighted by Crippen LogP contribution is -2.37. The first kappa shape index (κ1) is 14.2. The first-order valence-corrected chi connectivity index (χ1v) is 7.95. The summed E-state index contributed by atoms with van der Waals surface area (Å²) in [6.45, 7) is 1.90. The third-order valence-electron chi connectivity index (χ3n) is 4.23. The molecule has 0 unspecified atom stereocenters. The highest BCUT2D eigenvalue weighted by Crippen LogP contribution is 2.28. The highest BCUT2D eigenvalue weighted by atomic mass is 35.5. The molecule has 1 aliphatic carbocycles. The van der Waals surface area contributed by atoms with Crippen LogP contribution in [0, 0.1) is 0 Å². The normalized spacial score (nSPS) is 23.1. The summed E-state index contributed by atoms with van der Waals surface area (Å²) in [5.74, 6) is 1.20. The van der Waals surface area contributed by atoms with E-state index in [1.54, 1.807) is 0 Å². The van der Waals surface area contributed by atoms with E-state index in [0.717, 1.165) is 31.8 Å². The number of aromatic nitrogens is 3. The fraction of sp³-hybridized carbons (Fsp3) is 0.786. The van der Waals surface area contributed by atoms with Gasteiger partial charge in [-0.3, -0.25) is 4.84 Å². The molecule has 6 heteroatoms. The molecule has 3 rings (SSSR count). The molecule has 1 aliphatic heterocycles. The molecule has 0 atom stereocenters. The summed E-state index contributed by atoms with van der Waals surface area (Å²) in [6.07, 6.45) is 10.4. The first-order chi connectivity index (χ1) is 9.81. The summed E-state index contributed by atoms with van der Waals surface area (Å²) in [4.78, 5) is 18.4. The van der Waals surface area contributed by atoms with Crippen molar-refractivity contribution in [2.45, 2.75) is 57.0 Å². The van der Waals surface area contributed by atoms with Crippen LogP contribution in [0.3, 0.4) is 0 Å². The molecule has 2 heterocycles. The van der Waals surface area contributed by atoms with Crippen LogP contribution < -0.4 is 0 Å². The smallest absolute Gasteiger partial charge is 0.225 e. The summed E-state index contributed by atoms with van der Waals surface area (Å²) >= 11 is 5.82. The van der Waals surface area contributed by atoms with Crippen LogP contribution in [-0.2, 0) is 4.84 Å². The third kappa shape index (κ3) is 3.65. The lowest BCUT2D eigenvalue weighted by molar-refractivity contribution is -0.213. The van der Waals surface area contributed by atoms with Gasteiger partial charge in [-0.1, -0.05) is 19.3 Å². The van der Waals surface area contributed by atoms with Gasteiger partial charge in [0.05, 0.1) is 6.10 Å². The van der Waals surface area contributed by atoms with Crippen LogP contribution in [0.1, 0.15) is 56.7 Å². The molecule has 20 heavy (non-hydrogen) atoms. The Balaban J connectivity index is 1.49. The molecule has 2 fully saturated rings. The van der Waals surface area contributed by atoms with Crippen LogP contribution in [0.15, 0.2) is 6.33 Å². The number of hydroxylamine groups is 2. The van der Waals surface area contributed by atoms with E-state index >= 15 is 0 Å². The molecule has 1 aromatic rings. The second-order valence-electron chi connectivity index (χ2n) is 5.68. The van der Waals surface area contributed by atoms with Crippen molar-refractivity contribution >= 4 is 11.6 Å². The van der Waals surface area contributed by atoms with Crippen LogP contribution in [0.5, 0.6) is 0 Å². The van der Waals surface area contributed by atoms with E-state index in [1.807, 2.05) is 0 Å². The molecular weight excluding hydrogens is 276 g/mol. The fourth-order valence-electron chi connectivity index (χ4n) is 3.09. The van der Waals surface area contributed by atoms with Crippen molar-refractivity contribution in [3.05, 3.63) is 17.4 Å². The van der Waals surface area contributed by atoms with Gasteiger partial charge in [0.2, 0.25) is 5.28 Å². The molecule has 0 bridgehead atoms. The molecule has 5 nitrogen and oxygen atoms in total. The zero-order chi connectivity index (χ0) is 13.8. The molecule has 1 aromatic heterocycles. The average molecular weight is 297 g/mol. The topological polar surface area (TPSA) is 51.1 Å². The van der Waals surface area contributed by atoms with E-state index < -0.39 is 0 Å². The minimum Gasteiger partial charge on any atom is -0.296 e. The van der Waals surface area contributed by atoms with Gasteiger partial charge in [0, 0.05) is 19.0 Å². The maximum absolute atomic E-state index is 6.09. The van der Waals surface area contributed by atoms with E-state index in [9.17, 15) is 0 Å². The Bertz CT molecular complexity index is 431. The second kappa shape index (κ2) is 6.78. The van der Waals surface area contributed by atoms with E-state index in [-0.39, 0.29) is 5.28 Å². The predicted molar refractivity (Wildman–Crippen MR) is 76.3 cm³/mol. The summed E-state index contributed by atoms with van der Waals surface area (Å²) in [7, 11) is 0.